The Balaban J connectivity index is 1.84. The summed E-state index contributed by atoms with van der Waals surface area (Å²) in [6.45, 7) is 0.660. The molecule has 3 rings (SSSR count). The van der Waals surface area contributed by atoms with Crippen LogP contribution in [0, 0.1) is 5.82 Å². The van der Waals surface area contributed by atoms with Gasteiger partial charge in [-0.05, 0) is 18.2 Å². The first-order chi connectivity index (χ1) is 9.78. The smallest absolute Gasteiger partial charge is 0.167 e. The lowest BCUT2D eigenvalue weighted by Crippen LogP contribution is -2.20. The Bertz CT molecular complexity index is 615. The number of halogens is 1. The Kier molecular flexibility index (Phi) is 3.46. The molecule has 1 aliphatic heterocycles. The van der Waals surface area contributed by atoms with Gasteiger partial charge in [-0.2, -0.15) is 0 Å². The topological polar surface area (TPSA) is 30.5 Å². The number of anilines is 1. The molecule has 0 amide bonds. The Morgan fingerprint density at radius 3 is 2.90 bits per heavy atom. The molecule has 0 bridgehead atoms. The van der Waals surface area contributed by atoms with Gasteiger partial charge in [0, 0.05) is 23.7 Å². The zero-order valence-corrected chi connectivity index (χ0v) is 11.2. The van der Waals surface area contributed by atoms with Crippen LogP contribution >= 0.6 is 0 Å². The highest BCUT2D eigenvalue weighted by atomic mass is 19.1. The molecule has 0 radical (unpaired) electrons. The molecule has 1 heterocycles. The first-order valence-corrected chi connectivity index (χ1v) is 6.60. The Hall–Kier alpha value is -2.23. The van der Waals surface area contributed by atoms with Gasteiger partial charge in [0.2, 0.25) is 0 Å². The molecule has 1 N–H and O–H groups in total. The molecule has 0 aromatic heterocycles. The average molecular weight is 273 g/mol. The summed E-state index contributed by atoms with van der Waals surface area (Å²) in [6, 6.07) is 13.0. The van der Waals surface area contributed by atoms with Crippen molar-refractivity contribution in [3.63, 3.8) is 0 Å². The number of para-hydroxylation sites is 1. The molecule has 104 valence electrons. The molecule has 0 fully saturated rings. The fourth-order valence-corrected chi connectivity index (χ4v) is 2.45. The van der Waals surface area contributed by atoms with Crippen LogP contribution in [0.1, 0.15) is 18.0 Å². The van der Waals surface area contributed by atoms with Crippen molar-refractivity contribution in [2.24, 2.45) is 0 Å². The molecular formula is C16H16FNO2. The predicted molar refractivity (Wildman–Crippen MR) is 75.9 cm³/mol. The third kappa shape index (κ3) is 2.41. The van der Waals surface area contributed by atoms with Gasteiger partial charge in [0.05, 0.1) is 19.8 Å². The molecule has 1 aliphatic rings. The third-order valence-electron chi connectivity index (χ3n) is 3.45. The minimum absolute atomic E-state index is 0.132. The van der Waals surface area contributed by atoms with E-state index >= 15 is 0 Å². The molecule has 0 aliphatic carbocycles. The van der Waals surface area contributed by atoms with E-state index in [-0.39, 0.29) is 17.6 Å². The summed E-state index contributed by atoms with van der Waals surface area (Å²) in [5.41, 5.74) is 1.85. The maximum absolute atomic E-state index is 13.7. The Morgan fingerprint density at radius 1 is 1.25 bits per heavy atom. The molecule has 0 saturated heterocycles. The predicted octanol–water partition coefficient (Wildman–Crippen LogP) is 3.77. The Labute approximate surface area is 117 Å². The van der Waals surface area contributed by atoms with E-state index in [9.17, 15) is 4.39 Å². The first-order valence-electron chi connectivity index (χ1n) is 6.60. The third-order valence-corrected chi connectivity index (χ3v) is 3.45. The van der Waals surface area contributed by atoms with Gasteiger partial charge in [0.25, 0.3) is 0 Å². The zero-order chi connectivity index (χ0) is 13.9. The molecule has 1 atom stereocenters. The summed E-state index contributed by atoms with van der Waals surface area (Å²) < 4.78 is 24.3. The number of ether oxygens (including phenoxy) is 2. The highest BCUT2D eigenvalue weighted by Crippen LogP contribution is 2.34. The van der Waals surface area contributed by atoms with Crippen LogP contribution in [-0.4, -0.2) is 13.7 Å². The lowest BCUT2D eigenvalue weighted by molar-refractivity contribution is 0.274. The molecular weight excluding hydrogens is 257 g/mol. The van der Waals surface area contributed by atoms with Gasteiger partial charge in [-0.25, -0.2) is 4.39 Å². The minimum Gasteiger partial charge on any atom is -0.494 e. The summed E-state index contributed by atoms with van der Waals surface area (Å²) >= 11 is 0. The number of methoxy groups -OCH3 is 1. The van der Waals surface area contributed by atoms with Crippen molar-refractivity contribution in [2.75, 3.05) is 19.0 Å². The van der Waals surface area contributed by atoms with Crippen LogP contribution in [0.5, 0.6) is 11.5 Å². The summed E-state index contributed by atoms with van der Waals surface area (Å²) in [4.78, 5) is 0. The number of hydrogen-bond donors (Lipinski definition) is 1. The Morgan fingerprint density at radius 2 is 2.10 bits per heavy atom. The van der Waals surface area contributed by atoms with Crippen molar-refractivity contribution >= 4 is 5.69 Å². The van der Waals surface area contributed by atoms with Crippen LogP contribution in [0.3, 0.4) is 0 Å². The van der Waals surface area contributed by atoms with Crippen molar-refractivity contribution in [2.45, 2.75) is 12.5 Å². The first kappa shape index (κ1) is 12.8. The van der Waals surface area contributed by atoms with E-state index in [1.54, 1.807) is 6.07 Å². The normalized spacial score (nSPS) is 17.0. The van der Waals surface area contributed by atoms with Crippen LogP contribution in [0.4, 0.5) is 10.1 Å². The van der Waals surface area contributed by atoms with Crippen LogP contribution < -0.4 is 14.8 Å². The van der Waals surface area contributed by atoms with Gasteiger partial charge in [-0.3, -0.25) is 0 Å². The molecule has 4 heteroatoms. The minimum atomic E-state index is -0.363. The molecule has 0 saturated carbocycles. The number of nitrogens with one attached hydrogen (secondary N) is 1. The highest BCUT2D eigenvalue weighted by molar-refractivity contribution is 5.51. The molecule has 2 aromatic rings. The molecule has 1 unspecified atom stereocenters. The second-order valence-electron chi connectivity index (χ2n) is 4.72. The van der Waals surface area contributed by atoms with E-state index in [0.29, 0.717) is 6.61 Å². The maximum Gasteiger partial charge on any atom is 0.167 e. The maximum atomic E-state index is 13.7. The van der Waals surface area contributed by atoms with E-state index in [2.05, 4.69) is 5.32 Å². The lowest BCUT2D eigenvalue weighted by atomic mass is 10.0. The summed E-state index contributed by atoms with van der Waals surface area (Å²) in [6.07, 6.45) is 0.852. The van der Waals surface area contributed by atoms with E-state index in [1.165, 1.54) is 13.2 Å². The van der Waals surface area contributed by atoms with Crippen molar-refractivity contribution < 1.29 is 13.9 Å². The number of rotatable bonds is 3. The molecule has 0 spiro atoms. The number of benzene rings is 2. The quantitative estimate of drug-likeness (QED) is 0.923. The SMILES string of the molecule is COc1ccc(NC2CCOc3ccccc32)cc1F. The number of fused-ring (bicyclic) bond motifs is 1. The van der Waals surface area contributed by atoms with Crippen molar-refractivity contribution in [3.05, 3.63) is 53.8 Å². The van der Waals surface area contributed by atoms with Crippen LogP contribution in [0.15, 0.2) is 42.5 Å². The average Bonchev–Trinajstić information content (AvgIpc) is 2.48. The van der Waals surface area contributed by atoms with Gasteiger partial charge < -0.3 is 14.8 Å². The second kappa shape index (κ2) is 5.41. The van der Waals surface area contributed by atoms with Crippen LogP contribution in [0.2, 0.25) is 0 Å². The fourth-order valence-electron chi connectivity index (χ4n) is 2.45. The lowest BCUT2D eigenvalue weighted by Gasteiger charge is -2.27. The second-order valence-corrected chi connectivity index (χ2v) is 4.72. The van der Waals surface area contributed by atoms with Crippen LogP contribution in [-0.2, 0) is 0 Å². The van der Waals surface area contributed by atoms with Gasteiger partial charge in [0.15, 0.2) is 11.6 Å². The molecule has 3 nitrogen and oxygen atoms in total. The van der Waals surface area contributed by atoms with E-state index in [0.717, 1.165) is 23.4 Å². The zero-order valence-electron chi connectivity index (χ0n) is 11.2. The van der Waals surface area contributed by atoms with Crippen molar-refractivity contribution in [1.82, 2.24) is 0 Å². The van der Waals surface area contributed by atoms with Crippen molar-refractivity contribution in [1.29, 1.82) is 0 Å². The largest absolute Gasteiger partial charge is 0.494 e. The highest BCUT2D eigenvalue weighted by Gasteiger charge is 2.21. The van der Waals surface area contributed by atoms with Gasteiger partial charge in [-0.15, -0.1) is 0 Å². The van der Waals surface area contributed by atoms with Gasteiger partial charge >= 0.3 is 0 Å². The van der Waals surface area contributed by atoms with Crippen LogP contribution in [0.25, 0.3) is 0 Å². The van der Waals surface area contributed by atoms with Crippen molar-refractivity contribution in [3.8, 4) is 11.5 Å². The van der Waals surface area contributed by atoms with E-state index < -0.39 is 0 Å². The number of hydrogen-bond acceptors (Lipinski definition) is 3. The fraction of sp³-hybridized carbons (Fsp3) is 0.250. The van der Waals surface area contributed by atoms with Gasteiger partial charge in [-0.1, -0.05) is 18.2 Å². The summed E-state index contributed by atoms with van der Waals surface area (Å²) in [5, 5.41) is 3.35. The molecule has 20 heavy (non-hydrogen) atoms. The monoisotopic (exact) mass is 273 g/mol. The van der Waals surface area contributed by atoms with E-state index in [4.69, 9.17) is 9.47 Å². The standard InChI is InChI=1S/C16H16FNO2/c1-19-16-7-6-11(10-13(16)17)18-14-8-9-20-15-5-3-2-4-12(14)15/h2-7,10,14,18H,8-9H2,1H3. The summed E-state index contributed by atoms with van der Waals surface area (Å²) in [7, 11) is 1.46. The van der Waals surface area contributed by atoms with Gasteiger partial charge in [0.1, 0.15) is 5.75 Å². The summed E-state index contributed by atoms with van der Waals surface area (Å²) in [5.74, 6) is 0.783. The van der Waals surface area contributed by atoms with E-state index in [1.807, 2.05) is 30.3 Å². The molecule has 2 aromatic carbocycles.